The van der Waals surface area contributed by atoms with Crippen molar-refractivity contribution < 1.29 is 29.0 Å². The number of aliphatic hydroxyl groups is 1. The van der Waals surface area contributed by atoms with Crippen LogP contribution >= 0.6 is 0 Å². The maximum atomic E-state index is 13.2. The Morgan fingerprint density at radius 1 is 1.06 bits per heavy atom. The molecule has 0 saturated carbocycles. The van der Waals surface area contributed by atoms with E-state index in [9.17, 15) is 19.8 Å². The standard InChI is InChI=1S/C24H39NO6Si/c1-20(2,3)30-19(28)25-16-24(29,22(7,8)31-32-21(4,5)6)15-23(25,18(26)27)14-17-12-10-9-11-13-17/h9-13,29H,14-16,32H2,1-8H3,(H,26,27)/t23-,24-/m0/s1. The topological polar surface area (TPSA) is 96.3 Å². The van der Waals surface area contributed by atoms with Crippen LogP contribution in [0.1, 0.15) is 67.4 Å². The molecule has 32 heavy (non-hydrogen) atoms. The summed E-state index contributed by atoms with van der Waals surface area (Å²) in [6.45, 7) is 14.8. The molecular formula is C24H39NO6Si. The third-order valence-corrected chi connectivity index (χ3v) is 7.59. The number of nitrogens with zero attached hydrogens (tertiary/aromatic N) is 1. The fourth-order valence-electron chi connectivity index (χ4n) is 3.90. The average molecular weight is 466 g/mol. The Morgan fingerprint density at radius 3 is 2.09 bits per heavy atom. The highest BCUT2D eigenvalue weighted by molar-refractivity contribution is 6.31. The molecule has 1 aliphatic heterocycles. The molecule has 1 aliphatic rings. The van der Waals surface area contributed by atoms with Crippen LogP contribution in [0.2, 0.25) is 5.04 Å². The summed E-state index contributed by atoms with van der Waals surface area (Å²) in [5.41, 5.74) is -4.31. The fourth-order valence-corrected chi connectivity index (χ4v) is 4.96. The summed E-state index contributed by atoms with van der Waals surface area (Å²) < 4.78 is 11.8. The Morgan fingerprint density at radius 2 is 1.62 bits per heavy atom. The summed E-state index contributed by atoms with van der Waals surface area (Å²) in [6, 6.07) is 9.15. The minimum absolute atomic E-state index is 0.00892. The molecule has 0 bridgehead atoms. The summed E-state index contributed by atoms with van der Waals surface area (Å²) in [5.74, 6) is -1.17. The van der Waals surface area contributed by atoms with Crippen LogP contribution in [0.5, 0.6) is 0 Å². The molecule has 7 nitrogen and oxygen atoms in total. The minimum atomic E-state index is -1.66. The molecule has 1 fully saturated rings. The first-order valence-electron chi connectivity index (χ1n) is 11.1. The number of rotatable bonds is 6. The van der Waals surface area contributed by atoms with Gasteiger partial charge >= 0.3 is 12.1 Å². The molecule has 1 aromatic carbocycles. The molecule has 1 heterocycles. The first-order chi connectivity index (χ1) is 14.4. The van der Waals surface area contributed by atoms with Crippen molar-refractivity contribution in [2.75, 3.05) is 6.54 Å². The van der Waals surface area contributed by atoms with Gasteiger partial charge in [-0.25, -0.2) is 9.59 Å². The largest absolute Gasteiger partial charge is 0.479 e. The molecule has 2 atom stereocenters. The number of carboxylic acids is 1. The summed E-state index contributed by atoms with van der Waals surface area (Å²) in [6.07, 6.45) is -0.859. The van der Waals surface area contributed by atoms with Crippen molar-refractivity contribution in [2.45, 2.75) is 95.6 Å². The van der Waals surface area contributed by atoms with Crippen LogP contribution in [0, 0.1) is 0 Å². The molecule has 2 N–H and O–H groups in total. The maximum Gasteiger partial charge on any atom is 0.411 e. The predicted octanol–water partition coefficient (Wildman–Crippen LogP) is 3.52. The first kappa shape index (κ1) is 26.4. The van der Waals surface area contributed by atoms with Gasteiger partial charge in [-0.05, 0) is 45.2 Å². The van der Waals surface area contributed by atoms with Crippen LogP contribution in [0.3, 0.4) is 0 Å². The van der Waals surface area contributed by atoms with Gasteiger partial charge in [0.1, 0.15) is 11.2 Å². The highest BCUT2D eigenvalue weighted by Gasteiger charge is 2.64. The Bertz CT molecular complexity index is 829. The number of carbonyl (C=O) groups excluding carboxylic acids is 1. The average Bonchev–Trinajstić information content (AvgIpc) is 2.95. The lowest BCUT2D eigenvalue weighted by atomic mass is 9.77. The predicted molar refractivity (Wildman–Crippen MR) is 126 cm³/mol. The Kier molecular flexibility index (Phi) is 7.24. The lowest BCUT2D eigenvalue weighted by Gasteiger charge is -2.41. The van der Waals surface area contributed by atoms with Crippen LogP contribution in [0.15, 0.2) is 30.3 Å². The molecule has 0 aliphatic carbocycles. The van der Waals surface area contributed by atoms with Crippen LogP contribution in [-0.4, -0.2) is 65.8 Å². The molecule has 180 valence electrons. The SMILES string of the molecule is CC(C)(C)OC(=O)N1C[C@](O)(C(C)(C)O[SiH2]C(C)(C)C)C[C@@]1(Cc1ccccc1)C(=O)O. The van der Waals surface area contributed by atoms with E-state index in [0.717, 1.165) is 5.56 Å². The van der Waals surface area contributed by atoms with Gasteiger partial charge in [0.15, 0.2) is 15.3 Å². The van der Waals surface area contributed by atoms with Crippen LogP contribution in [0.25, 0.3) is 0 Å². The molecular weight excluding hydrogens is 426 g/mol. The molecule has 0 spiro atoms. The summed E-state index contributed by atoms with van der Waals surface area (Å²) in [5, 5.41) is 22.2. The van der Waals surface area contributed by atoms with Gasteiger partial charge in [-0.1, -0.05) is 51.1 Å². The smallest absolute Gasteiger partial charge is 0.411 e. The summed E-state index contributed by atoms with van der Waals surface area (Å²) >= 11 is 0. The van der Waals surface area contributed by atoms with E-state index in [0.29, 0.717) is 0 Å². The van der Waals surface area contributed by atoms with Gasteiger partial charge in [-0.2, -0.15) is 0 Å². The van der Waals surface area contributed by atoms with Crippen molar-refractivity contribution in [2.24, 2.45) is 0 Å². The highest BCUT2D eigenvalue weighted by atomic mass is 28.2. The number of aliphatic carboxylic acids is 1. The van der Waals surface area contributed by atoms with Crippen molar-refractivity contribution in [3.05, 3.63) is 35.9 Å². The number of hydrogen-bond donors (Lipinski definition) is 2. The minimum Gasteiger partial charge on any atom is -0.479 e. The zero-order valence-electron chi connectivity index (χ0n) is 20.7. The Labute approximate surface area is 194 Å². The van der Waals surface area contributed by atoms with Gasteiger partial charge in [0.25, 0.3) is 0 Å². The molecule has 0 aromatic heterocycles. The van der Waals surface area contributed by atoms with E-state index in [1.165, 1.54) is 4.90 Å². The normalized spacial score (nSPS) is 24.8. The molecule has 0 radical (unpaired) electrons. The second-order valence-electron chi connectivity index (χ2n) is 11.6. The quantitative estimate of drug-likeness (QED) is 0.624. The molecule has 1 aromatic rings. The van der Waals surface area contributed by atoms with Crippen LogP contribution in [-0.2, 0) is 20.4 Å². The van der Waals surface area contributed by atoms with E-state index in [1.807, 2.05) is 30.3 Å². The van der Waals surface area contributed by atoms with Crippen molar-refractivity contribution in [3.8, 4) is 0 Å². The van der Waals surface area contributed by atoms with E-state index in [-0.39, 0.29) is 24.4 Å². The van der Waals surface area contributed by atoms with Gasteiger partial charge in [-0.15, -0.1) is 0 Å². The third-order valence-electron chi connectivity index (χ3n) is 5.86. The van der Waals surface area contributed by atoms with Crippen LogP contribution < -0.4 is 0 Å². The second-order valence-corrected chi connectivity index (χ2v) is 14.3. The van der Waals surface area contributed by atoms with Crippen molar-refractivity contribution in [1.29, 1.82) is 0 Å². The van der Waals surface area contributed by atoms with E-state index >= 15 is 0 Å². The number of likely N-dealkylation sites (tertiary alicyclic amines) is 1. The lowest BCUT2D eigenvalue weighted by Crippen LogP contribution is -2.55. The van der Waals surface area contributed by atoms with Gasteiger partial charge in [0, 0.05) is 12.8 Å². The maximum absolute atomic E-state index is 13.2. The molecule has 2 rings (SSSR count). The Balaban J connectivity index is 2.52. The number of hydrogen-bond acceptors (Lipinski definition) is 5. The molecule has 0 unspecified atom stereocenters. The zero-order valence-corrected chi connectivity index (χ0v) is 22.1. The number of benzene rings is 1. The molecule has 1 amide bonds. The molecule has 1 saturated heterocycles. The zero-order chi connectivity index (χ0) is 24.6. The third kappa shape index (κ3) is 5.91. The van der Waals surface area contributed by atoms with E-state index in [4.69, 9.17) is 9.16 Å². The van der Waals surface area contributed by atoms with Gasteiger partial charge in [0.05, 0.1) is 12.1 Å². The van der Waals surface area contributed by atoms with Gasteiger partial charge in [-0.3, -0.25) is 4.90 Å². The van der Waals surface area contributed by atoms with E-state index in [2.05, 4.69) is 20.8 Å². The molecule has 8 heteroatoms. The summed E-state index contributed by atoms with van der Waals surface area (Å²) in [4.78, 5) is 27.1. The monoisotopic (exact) mass is 465 g/mol. The van der Waals surface area contributed by atoms with Gasteiger partial charge in [0.2, 0.25) is 0 Å². The lowest BCUT2D eigenvalue weighted by molar-refractivity contribution is -0.150. The highest BCUT2D eigenvalue weighted by Crippen LogP contribution is 2.46. The fraction of sp³-hybridized carbons (Fsp3) is 0.667. The number of carbonyl (C=O) groups is 2. The van der Waals surface area contributed by atoms with Crippen molar-refractivity contribution >= 4 is 21.8 Å². The first-order valence-corrected chi connectivity index (χ1v) is 12.3. The van der Waals surface area contributed by atoms with Crippen molar-refractivity contribution in [1.82, 2.24) is 4.90 Å². The second kappa shape index (κ2) is 8.80. The summed E-state index contributed by atoms with van der Waals surface area (Å²) in [7, 11) is -1.04. The van der Waals surface area contributed by atoms with Gasteiger partial charge < -0.3 is 19.4 Å². The van der Waals surface area contributed by atoms with E-state index < -0.39 is 44.2 Å². The number of ether oxygens (including phenoxy) is 1. The Hall–Kier alpha value is -1.90. The number of carboxylic acid groups (broad SMARTS) is 1. The van der Waals surface area contributed by atoms with E-state index in [1.54, 1.807) is 34.6 Å². The number of amides is 1. The number of β-amino-alcohol motifs (C(OH)–C–C–N with tert-alkyl or cyclic N) is 1. The van der Waals surface area contributed by atoms with Crippen molar-refractivity contribution in [3.63, 3.8) is 0 Å². The van der Waals surface area contributed by atoms with Crippen LogP contribution in [0.4, 0.5) is 4.79 Å².